The first-order valence-electron chi connectivity index (χ1n) is 4.02. The van der Waals surface area contributed by atoms with Crippen LogP contribution in [0, 0.1) is 12.1 Å². The van der Waals surface area contributed by atoms with Crippen molar-refractivity contribution >= 4 is 46.3 Å². The van der Waals surface area contributed by atoms with Gasteiger partial charge in [-0.05, 0) is 0 Å². The van der Waals surface area contributed by atoms with Crippen molar-refractivity contribution in [2.75, 3.05) is 0 Å². The van der Waals surface area contributed by atoms with Gasteiger partial charge in [-0.3, -0.25) is 0 Å². The second-order valence-electron chi connectivity index (χ2n) is 2.44. The van der Waals surface area contributed by atoms with Crippen molar-refractivity contribution in [1.82, 2.24) is 0 Å². The van der Waals surface area contributed by atoms with E-state index >= 15 is 0 Å². The molecule has 0 saturated heterocycles. The monoisotopic (exact) mass is 246 g/mol. The molecule has 15 heavy (non-hydrogen) atoms. The van der Waals surface area contributed by atoms with Crippen LogP contribution in [0.5, 0.6) is 0 Å². The quantitative estimate of drug-likeness (QED) is 0.489. The third kappa shape index (κ3) is 7.68. The number of rotatable bonds is 0. The van der Waals surface area contributed by atoms with E-state index in [2.05, 4.69) is 12.1 Å². The largest absolute Gasteiger partial charge is 2.00 e. The summed E-state index contributed by atoms with van der Waals surface area (Å²) in [4.78, 5) is 0. The Morgan fingerprint density at radius 1 is 0.667 bits per heavy atom. The summed E-state index contributed by atoms with van der Waals surface area (Å²) in [6, 6.07) is 20.0. The summed E-state index contributed by atoms with van der Waals surface area (Å²) in [6.45, 7) is 0. The average molecular weight is 247 g/mol. The zero-order chi connectivity index (χ0) is 10.2. The standard InChI is InChI=1S/2C6H4Cl.Mg/c2*7-6-4-2-1-3-5-6;/h2*2-5H;/q2*-1;+2. The van der Waals surface area contributed by atoms with Gasteiger partial charge >= 0.3 is 23.1 Å². The molecular formula is C12H8Cl2Mg. The predicted molar refractivity (Wildman–Crippen MR) is 66.3 cm³/mol. The van der Waals surface area contributed by atoms with Gasteiger partial charge in [-0.15, -0.1) is 23.2 Å². The van der Waals surface area contributed by atoms with Gasteiger partial charge in [-0.2, -0.15) is 60.7 Å². The third-order valence-electron chi connectivity index (χ3n) is 1.36. The van der Waals surface area contributed by atoms with Crippen LogP contribution in [0.25, 0.3) is 0 Å². The van der Waals surface area contributed by atoms with Crippen molar-refractivity contribution in [1.29, 1.82) is 0 Å². The third-order valence-corrected chi connectivity index (χ3v) is 1.86. The first kappa shape index (κ1) is 14.8. The fourth-order valence-corrected chi connectivity index (χ4v) is 0.985. The zero-order valence-electron chi connectivity index (χ0n) is 8.08. The smallest absolute Gasteiger partial charge is 0.184 e. The average Bonchev–Trinajstić information content (AvgIpc) is 2.21. The zero-order valence-corrected chi connectivity index (χ0v) is 11.0. The molecule has 0 radical (unpaired) electrons. The summed E-state index contributed by atoms with van der Waals surface area (Å²) in [7, 11) is 0. The summed E-state index contributed by atoms with van der Waals surface area (Å²) in [5, 5.41) is 1.53. The van der Waals surface area contributed by atoms with E-state index in [0.717, 1.165) is 10.0 Å². The summed E-state index contributed by atoms with van der Waals surface area (Å²) < 4.78 is 0. The molecule has 0 N–H and O–H groups in total. The summed E-state index contributed by atoms with van der Waals surface area (Å²) in [5.41, 5.74) is 0. The number of benzene rings is 2. The van der Waals surface area contributed by atoms with E-state index in [-0.39, 0.29) is 23.1 Å². The van der Waals surface area contributed by atoms with Crippen molar-refractivity contribution in [3.63, 3.8) is 0 Å². The normalized spacial score (nSPS) is 8.13. The Balaban J connectivity index is 0.000000245. The molecule has 0 fully saturated rings. The molecule has 3 heteroatoms. The van der Waals surface area contributed by atoms with Crippen molar-refractivity contribution in [2.24, 2.45) is 0 Å². The van der Waals surface area contributed by atoms with Gasteiger partial charge in [0.15, 0.2) is 0 Å². The Morgan fingerprint density at radius 3 is 1.07 bits per heavy atom. The van der Waals surface area contributed by atoms with Gasteiger partial charge in [0.05, 0.1) is 0 Å². The molecule has 0 aromatic heterocycles. The number of halogens is 2. The maximum atomic E-state index is 5.52. The molecule has 0 atom stereocenters. The molecule has 0 saturated carbocycles. The summed E-state index contributed by atoms with van der Waals surface area (Å²) in [5.74, 6) is 0. The molecule has 0 aliphatic heterocycles. The van der Waals surface area contributed by atoms with E-state index in [0.29, 0.717) is 0 Å². The van der Waals surface area contributed by atoms with Gasteiger partial charge in [0.1, 0.15) is 0 Å². The maximum absolute atomic E-state index is 5.52. The van der Waals surface area contributed by atoms with Crippen LogP contribution in [0.1, 0.15) is 0 Å². The molecular weight excluding hydrogens is 239 g/mol. The van der Waals surface area contributed by atoms with E-state index in [4.69, 9.17) is 23.2 Å². The van der Waals surface area contributed by atoms with Crippen LogP contribution in [0.3, 0.4) is 0 Å². The van der Waals surface area contributed by atoms with Gasteiger partial charge in [0.25, 0.3) is 0 Å². The van der Waals surface area contributed by atoms with E-state index < -0.39 is 0 Å². The fraction of sp³-hybridized carbons (Fsp3) is 0. The first-order valence-corrected chi connectivity index (χ1v) is 4.78. The number of hydrogen-bond acceptors (Lipinski definition) is 0. The van der Waals surface area contributed by atoms with Crippen LogP contribution >= 0.6 is 23.2 Å². The Bertz CT molecular complexity index is 311. The van der Waals surface area contributed by atoms with Gasteiger partial charge in [0.2, 0.25) is 0 Å². The SMILES string of the molecule is Clc1cc[c-]cc1.Clc1cc[c-]cc1.[Mg+2]. The maximum Gasteiger partial charge on any atom is 2.00 e. The fourth-order valence-electron chi connectivity index (χ4n) is 0.733. The number of hydrogen-bond donors (Lipinski definition) is 0. The van der Waals surface area contributed by atoms with E-state index in [9.17, 15) is 0 Å². The van der Waals surface area contributed by atoms with E-state index in [1.807, 2.05) is 0 Å². The molecule has 0 spiro atoms. The Kier molecular flexibility index (Phi) is 8.92. The molecule has 2 aromatic rings. The van der Waals surface area contributed by atoms with Crippen molar-refractivity contribution in [2.45, 2.75) is 0 Å². The van der Waals surface area contributed by atoms with Crippen LogP contribution in [0.2, 0.25) is 10.0 Å². The molecule has 0 unspecified atom stereocenters. The molecule has 2 aromatic carbocycles. The van der Waals surface area contributed by atoms with Crippen LogP contribution in [0.4, 0.5) is 0 Å². The van der Waals surface area contributed by atoms with Gasteiger partial charge in [-0.1, -0.05) is 10.0 Å². The molecule has 0 bridgehead atoms. The van der Waals surface area contributed by atoms with Crippen LogP contribution in [0.15, 0.2) is 48.5 Å². The molecule has 0 nitrogen and oxygen atoms in total. The summed E-state index contributed by atoms with van der Waals surface area (Å²) >= 11 is 11.0. The topological polar surface area (TPSA) is 0 Å². The van der Waals surface area contributed by atoms with E-state index in [1.54, 1.807) is 48.5 Å². The molecule has 0 aliphatic carbocycles. The first-order chi connectivity index (χ1) is 6.79. The molecule has 2 rings (SSSR count). The van der Waals surface area contributed by atoms with Gasteiger partial charge in [0, 0.05) is 0 Å². The van der Waals surface area contributed by atoms with Crippen LogP contribution < -0.4 is 0 Å². The second-order valence-corrected chi connectivity index (χ2v) is 3.31. The second kappa shape index (κ2) is 9.04. The van der Waals surface area contributed by atoms with Gasteiger partial charge in [-0.25, -0.2) is 0 Å². The minimum absolute atomic E-state index is 0. The van der Waals surface area contributed by atoms with Crippen molar-refractivity contribution in [3.05, 3.63) is 70.7 Å². The Labute approximate surface area is 116 Å². The minimum atomic E-state index is 0. The van der Waals surface area contributed by atoms with Crippen molar-refractivity contribution in [3.8, 4) is 0 Å². The van der Waals surface area contributed by atoms with Gasteiger partial charge < -0.3 is 0 Å². The molecule has 72 valence electrons. The minimum Gasteiger partial charge on any atom is -0.184 e. The van der Waals surface area contributed by atoms with Crippen molar-refractivity contribution < 1.29 is 0 Å². The molecule has 0 aliphatic rings. The summed E-state index contributed by atoms with van der Waals surface area (Å²) in [6.07, 6.45) is 0. The predicted octanol–water partition coefficient (Wildman–Crippen LogP) is 3.90. The van der Waals surface area contributed by atoms with Crippen LogP contribution in [-0.2, 0) is 0 Å². The molecule has 0 heterocycles. The van der Waals surface area contributed by atoms with Crippen LogP contribution in [-0.4, -0.2) is 23.1 Å². The molecule has 0 amide bonds. The Hall–Kier alpha value is -0.214. The Morgan fingerprint density at radius 2 is 0.933 bits per heavy atom. The van der Waals surface area contributed by atoms with E-state index in [1.165, 1.54) is 0 Å².